The maximum absolute atomic E-state index is 12.6. The van der Waals surface area contributed by atoms with E-state index in [-0.39, 0.29) is 37.2 Å². The van der Waals surface area contributed by atoms with Crippen LogP contribution >= 0.6 is 0 Å². The molecule has 0 saturated heterocycles. The van der Waals surface area contributed by atoms with Gasteiger partial charge in [0.15, 0.2) is 5.78 Å². The lowest BCUT2D eigenvalue weighted by molar-refractivity contribution is -0.129. The molecule has 0 spiro atoms. The lowest BCUT2D eigenvalue weighted by Gasteiger charge is -2.31. The average molecular weight is 281 g/mol. The van der Waals surface area contributed by atoms with Crippen LogP contribution in [0.3, 0.4) is 0 Å². The van der Waals surface area contributed by atoms with Crippen molar-refractivity contribution in [2.45, 2.75) is 58.4 Å². The van der Waals surface area contributed by atoms with Crippen molar-refractivity contribution in [3.8, 4) is 0 Å². The highest BCUT2D eigenvalue weighted by Gasteiger charge is 2.33. The first-order chi connectivity index (χ1) is 9.49. The number of amides is 1. The molecule has 1 amide bonds. The smallest absolute Gasteiger partial charge is 0.256 e. The zero-order chi connectivity index (χ0) is 14.7. The molecule has 2 aliphatic rings. The van der Waals surface area contributed by atoms with Gasteiger partial charge in [0.2, 0.25) is 0 Å². The molecular formula is C16H24FNO2. The second-order valence-electron chi connectivity index (χ2n) is 6.09. The van der Waals surface area contributed by atoms with Crippen LogP contribution in [0.4, 0.5) is 4.39 Å². The fourth-order valence-electron chi connectivity index (χ4n) is 2.91. The summed E-state index contributed by atoms with van der Waals surface area (Å²) in [4.78, 5) is 24.4. The summed E-state index contributed by atoms with van der Waals surface area (Å²) in [6.45, 7) is 3.71. The maximum atomic E-state index is 12.6. The van der Waals surface area contributed by atoms with Crippen LogP contribution in [0.1, 0.15) is 53.8 Å². The molecule has 0 bridgehead atoms. The third-order valence-corrected chi connectivity index (χ3v) is 4.18. The Balaban J connectivity index is 0.00000220. The minimum atomic E-state index is -0.430. The Morgan fingerprint density at radius 1 is 1.30 bits per heavy atom. The molecule has 0 aliphatic heterocycles. The molecule has 0 aromatic heterocycles. The van der Waals surface area contributed by atoms with Crippen LogP contribution in [-0.2, 0) is 9.59 Å². The van der Waals surface area contributed by atoms with Gasteiger partial charge in [0, 0.05) is 13.8 Å². The van der Waals surface area contributed by atoms with E-state index >= 15 is 0 Å². The second kappa shape index (κ2) is 6.36. The van der Waals surface area contributed by atoms with Gasteiger partial charge in [0.1, 0.15) is 5.83 Å². The first-order valence-corrected chi connectivity index (χ1v) is 7.47. The van der Waals surface area contributed by atoms with Crippen LogP contribution in [0.15, 0.2) is 17.1 Å². The van der Waals surface area contributed by atoms with Gasteiger partial charge >= 0.3 is 0 Å². The summed E-state index contributed by atoms with van der Waals surface area (Å²) in [6.07, 6.45) is 5.42. The van der Waals surface area contributed by atoms with E-state index in [1.807, 2.05) is 13.8 Å². The van der Waals surface area contributed by atoms with Crippen molar-refractivity contribution < 1.29 is 15.4 Å². The van der Waals surface area contributed by atoms with E-state index < -0.39 is 6.04 Å². The fourth-order valence-corrected chi connectivity index (χ4v) is 2.91. The maximum Gasteiger partial charge on any atom is 0.256 e. The molecule has 0 aromatic rings. The van der Waals surface area contributed by atoms with Gasteiger partial charge in [0.05, 0.1) is 11.6 Å². The molecule has 3 nitrogen and oxygen atoms in total. The first-order valence-electron chi connectivity index (χ1n) is 7.47. The monoisotopic (exact) mass is 281 g/mol. The SMILES string of the molecule is CC(C)C(=O)[C@H](NC(=O)C1=C=C(F)C1)C1CCCCC1.[HH]. The van der Waals surface area contributed by atoms with Crippen LogP contribution in [-0.4, -0.2) is 17.7 Å². The Kier molecular flexibility index (Phi) is 4.77. The number of hydrogen-bond donors (Lipinski definition) is 1. The van der Waals surface area contributed by atoms with Crippen molar-refractivity contribution in [3.63, 3.8) is 0 Å². The Labute approximate surface area is 120 Å². The van der Waals surface area contributed by atoms with Gasteiger partial charge < -0.3 is 5.32 Å². The Bertz CT molecular complexity index is 475. The summed E-state index contributed by atoms with van der Waals surface area (Å²) < 4.78 is 12.6. The Morgan fingerprint density at radius 3 is 2.40 bits per heavy atom. The number of ketones is 1. The molecule has 1 saturated carbocycles. The molecule has 2 aliphatic carbocycles. The van der Waals surface area contributed by atoms with Crippen molar-refractivity contribution in [3.05, 3.63) is 17.1 Å². The summed E-state index contributed by atoms with van der Waals surface area (Å²) in [7, 11) is 0. The summed E-state index contributed by atoms with van der Waals surface area (Å²) >= 11 is 0. The molecule has 0 heterocycles. The highest BCUT2D eigenvalue weighted by atomic mass is 19.1. The van der Waals surface area contributed by atoms with Crippen LogP contribution in [0.5, 0.6) is 0 Å². The predicted molar refractivity (Wildman–Crippen MR) is 76.7 cm³/mol. The van der Waals surface area contributed by atoms with Gasteiger partial charge in [-0.2, -0.15) is 0 Å². The van der Waals surface area contributed by atoms with Gasteiger partial charge in [-0.1, -0.05) is 38.8 Å². The predicted octanol–water partition coefficient (Wildman–Crippen LogP) is 3.31. The van der Waals surface area contributed by atoms with E-state index in [1.165, 1.54) is 6.42 Å². The molecule has 4 heteroatoms. The van der Waals surface area contributed by atoms with Gasteiger partial charge in [-0.3, -0.25) is 9.59 Å². The van der Waals surface area contributed by atoms with Crippen LogP contribution in [0, 0.1) is 11.8 Å². The zero-order valence-electron chi connectivity index (χ0n) is 12.2. The van der Waals surface area contributed by atoms with Crippen molar-refractivity contribution in [2.75, 3.05) is 0 Å². The van der Waals surface area contributed by atoms with Crippen molar-refractivity contribution >= 4 is 11.7 Å². The summed E-state index contributed by atoms with van der Waals surface area (Å²) in [5, 5.41) is 2.82. The quantitative estimate of drug-likeness (QED) is 0.786. The third-order valence-electron chi connectivity index (χ3n) is 4.18. The van der Waals surface area contributed by atoms with Crippen molar-refractivity contribution in [1.82, 2.24) is 5.32 Å². The normalized spacial score (nSPS) is 20.8. The van der Waals surface area contributed by atoms with E-state index in [1.54, 1.807) is 0 Å². The lowest BCUT2D eigenvalue weighted by Crippen LogP contribution is -2.48. The van der Waals surface area contributed by atoms with E-state index in [2.05, 4.69) is 11.0 Å². The number of halogens is 1. The van der Waals surface area contributed by atoms with Crippen LogP contribution in [0.2, 0.25) is 0 Å². The van der Waals surface area contributed by atoms with Gasteiger partial charge in [0.25, 0.3) is 5.91 Å². The molecule has 0 aromatic carbocycles. The zero-order valence-corrected chi connectivity index (χ0v) is 12.2. The minimum absolute atomic E-state index is 0. The topological polar surface area (TPSA) is 46.2 Å². The second-order valence-corrected chi connectivity index (χ2v) is 6.09. The van der Waals surface area contributed by atoms with Crippen LogP contribution in [0.25, 0.3) is 0 Å². The molecule has 1 N–H and O–H groups in total. The Hall–Kier alpha value is -1.41. The third kappa shape index (κ3) is 3.37. The molecule has 1 fully saturated rings. The van der Waals surface area contributed by atoms with Gasteiger partial charge in [-0.05, 0) is 18.8 Å². The van der Waals surface area contributed by atoms with Gasteiger partial charge in [-0.15, -0.1) is 0 Å². The number of nitrogens with one attached hydrogen (secondary N) is 1. The molecule has 2 rings (SSSR count). The largest absolute Gasteiger partial charge is 0.342 e. The summed E-state index contributed by atoms with van der Waals surface area (Å²) in [6, 6.07) is -0.430. The van der Waals surface area contributed by atoms with E-state index in [9.17, 15) is 14.0 Å². The summed E-state index contributed by atoms with van der Waals surface area (Å²) in [5.74, 6) is -0.535. The van der Waals surface area contributed by atoms with E-state index in [0.717, 1.165) is 25.7 Å². The first kappa shape index (κ1) is 15.0. The number of hydrogen-bond acceptors (Lipinski definition) is 2. The highest BCUT2D eigenvalue weighted by molar-refractivity contribution is 5.99. The standard InChI is InChI=1S/C16H22FNO2.H2/c1-10(2)15(19)14(11-6-4-3-5-7-11)18-16(20)12-8-13(17)9-12;/h10-11,14H,3-8H2,1-2H3,(H,18,20);1H/t14-;/m1./s1. The van der Waals surface area contributed by atoms with Crippen LogP contribution < -0.4 is 5.32 Å². The highest BCUT2D eigenvalue weighted by Crippen LogP contribution is 2.29. The molecule has 0 radical (unpaired) electrons. The van der Waals surface area contributed by atoms with E-state index in [0.29, 0.717) is 5.57 Å². The number of rotatable bonds is 5. The van der Waals surface area contributed by atoms with E-state index in [4.69, 9.17) is 0 Å². The molecule has 1 atom stereocenters. The van der Waals surface area contributed by atoms with Gasteiger partial charge in [-0.25, -0.2) is 4.39 Å². The van der Waals surface area contributed by atoms with Crippen molar-refractivity contribution in [2.24, 2.45) is 11.8 Å². The molecule has 0 unspecified atom stereocenters. The van der Waals surface area contributed by atoms with Crippen molar-refractivity contribution in [1.29, 1.82) is 0 Å². The summed E-state index contributed by atoms with van der Waals surface area (Å²) in [5.41, 5.74) is 2.68. The molecule has 20 heavy (non-hydrogen) atoms. The lowest BCUT2D eigenvalue weighted by atomic mass is 9.80. The Morgan fingerprint density at radius 2 is 1.90 bits per heavy atom. The minimum Gasteiger partial charge on any atom is -0.342 e. The molecule has 112 valence electrons. The number of Topliss-reactive ketones (excluding diaryl/α,β-unsaturated/α-hetero) is 1. The fraction of sp³-hybridized carbons (Fsp3) is 0.688. The molecular weight excluding hydrogens is 257 g/mol. The average Bonchev–Trinajstić information content (AvgIpc) is 2.41. The number of carbonyl (C=O) groups is 2. The number of carbonyl (C=O) groups excluding carboxylic acids is 2.